The molecule has 47 heavy (non-hydrogen) atoms. The number of fused-ring (bicyclic) bond motifs is 1. The molecule has 8 aromatic rings. The number of hydrogen-bond acceptors (Lipinski definition) is 1. The molecule has 0 saturated carbocycles. The molecule has 1 heteroatoms. The summed E-state index contributed by atoms with van der Waals surface area (Å²) in [6.45, 7) is 0. The van der Waals surface area contributed by atoms with Crippen LogP contribution in [0.2, 0.25) is 0 Å². The molecule has 222 valence electrons. The Morgan fingerprint density at radius 2 is 0.702 bits per heavy atom. The lowest BCUT2D eigenvalue weighted by atomic mass is 9.97. The Morgan fingerprint density at radius 3 is 1.17 bits per heavy atom. The molecule has 8 aromatic carbocycles. The van der Waals surface area contributed by atoms with Crippen molar-refractivity contribution in [2.75, 3.05) is 4.90 Å². The maximum absolute atomic E-state index is 9.41. The van der Waals surface area contributed by atoms with Crippen LogP contribution in [0.4, 0.5) is 17.1 Å². The summed E-state index contributed by atoms with van der Waals surface area (Å²) in [6.07, 6.45) is 0. The summed E-state index contributed by atoms with van der Waals surface area (Å²) in [7, 11) is 0. The van der Waals surface area contributed by atoms with Crippen molar-refractivity contribution in [2.24, 2.45) is 0 Å². The van der Waals surface area contributed by atoms with E-state index in [-0.39, 0.29) is 5.69 Å². The molecule has 0 radical (unpaired) electrons. The van der Waals surface area contributed by atoms with Crippen LogP contribution < -0.4 is 4.90 Å². The number of hydrogen-bond donors (Lipinski definition) is 0. The zero-order valence-corrected chi connectivity index (χ0v) is 24.8. The molecule has 0 heterocycles. The Bertz CT molecular complexity index is 2960. The van der Waals surface area contributed by atoms with Gasteiger partial charge >= 0.3 is 0 Å². The molecule has 0 aromatic heterocycles. The molecule has 0 atom stereocenters. The molecule has 0 saturated heterocycles. The van der Waals surface area contributed by atoms with Crippen LogP contribution in [-0.2, 0) is 0 Å². The van der Waals surface area contributed by atoms with Gasteiger partial charge in [0, 0.05) is 17.1 Å². The first-order valence-corrected chi connectivity index (χ1v) is 14.9. The minimum atomic E-state index is -0.778. The highest BCUT2D eigenvalue weighted by atomic mass is 15.1. The smallest absolute Gasteiger partial charge is 0.0645 e. The van der Waals surface area contributed by atoms with Crippen LogP contribution in [-0.4, -0.2) is 0 Å². The van der Waals surface area contributed by atoms with Crippen molar-refractivity contribution in [1.29, 1.82) is 0 Å². The van der Waals surface area contributed by atoms with E-state index in [4.69, 9.17) is 13.7 Å². The van der Waals surface area contributed by atoms with Crippen molar-refractivity contribution >= 4 is 27.8 Å². The van der Waals surface area contributed by atoms with Crippen molar-refractivity contribution < 1.29 is 20.6 Å². The largest absolute Gasteiger partial charge is 0.311 e. The predicted octanol–water partition coefficient (Wildman–Crippen LogP) is 13.0. The maximum Gasteiger partial charge on any atom is 0.0645 e. The van der Waals surface area contributed by atoms with Gasteiger partial charge in [-0.25, -0.2) is 0 Å². The lowest BCUT2D eigenvalue weighted by Gasteiger charge is -2.26. The molecule has 0 spiro atoms. The van der Waals surface area contributed by atoms with Crippen molar-refractivity contribution in [3.63, 3.8) is 0 Å². The van der Waals surface area contributed by atoms with Crippen molar-refractivity contribution in [1.82, 2.24) is 0 Å². The molecule has 8 rings (SSSR count). The van der Waals surface area contributed by atoms with Gasteiger partial charge in [0.25, 0.3) is 0 Å². The highest BCUT2D eigenvalue weighted by molar-refractivity contribution is 5.91. The van der Waals surface area contributed by atoms with E-state index < -0.39 is 124 Å². The minimum Gasteiger partial charge on any atom is -0.311 e. The number of anilines is 3. The molecule has 0 fully saturated rings. The van der Waals surface area contributed by atoms with Crippen molar-refractivity contribution in [3.8, 4) is 44.5 Å². The first-order valence-electron chi connectivity index (χ1n) is 22.4. The Hall–Kier alpha value is -6.18. The third-order valence-electron chi connectivity index (χ3n) is 7.68. The number of nitrogens with zero attached hydrogens (tertiary/aromatic N) is 1. The molecular formula is C46H33N. The third-order valence-corrected chi connectivity index (χ3v) is 7.68. The lowest BCUT2D eigenvalue weighted by molar-refractivity contribution is 1.28. The number of benzene rings is 8. The van der Waals surface area contributed by atoms with Crippen LogP contribution in [0.15, 0.2) is 200 Å². The second-order valence-electron chi connectivity index (χ2n) is 10.6. The normalized spacial score (nSPS) is 15.4. The van der Waals surface area contributed by atoms with Gasteiger partial charge in [0.1, 0.15) is 0 Å². The maximum atomic E-state index is 9.41. The highest BCUT2D eigenvalue weighted by Gasteiger charge is 2.14. The van der Waals surface area contributed by atoms with E-state index in [9.17, 15) is 6.85 Å². The molecule has 0 aliphatic heterocycles. The van der Waals surface area contributed by atoms with E-state index in [1.165, 1.54) is 0 Å². The first-order chi connectivity index (χ1) is 29.6. The topological polar surface area (TPSA) is 3.24 Å². The summed E-state index contributed by atoms with van der Waals surface area (Å²) < 4.78 is 133. The summed E-state index contributed by atoms with van der Waals surface area (Å²) in [5.41, 5.74) is 2.47. The zero-order valence-electron chi connectivity index (χ0n) is 39.8. The standard InChI is InChI=1S/C46H33N/c1-4-10-34(11-5-1)37-20-26-44(27-21-37)47(45-28-22-38(23-29-45)35-12-6-2-7-13-35)46-30-24-39(25-31-46)41-17-19-42-32-40(16-18-43(42)33-41)36-14-8-3-9-15-36/h1-33H/i3D,8D,9D,14D,15D,16D,17D,18D,19D,24D,25D,30D,31D,32D,33D. The highest BCUT2D eigenvalue weighted by Crippen LogP contribution is 2.38. The Morgan fingerprint density at radius 1 is 0.298 bits per heavy atom. The molecule has 0 aliphatic rings. The van der Waals surface area contributed by atoms with Gasteiger partial charge in [-0.2, -0.15) is 0 Å². The Kier molecular flexibility index (Phi) is 4.42. The molecule has 0 bridgehead atoms. The first kappa shape index (κ1) is 16.4. The molecule has 0 unspecified atom stereocenters. The third kappa shape index (κ3) is 5.95. The second kappa shape index (κ2) is 12.7. The average molecular weight is 615 g/mol. The lowest BCUT2D eigenvalue weighted by Crippen LogP contribution is -2.09. The van der Waals surface area contributed by atoms with Gasteiger partial charge in [0.2, 0.25) is 0 Å². The van der Waals surface area contributed by atoms with Gasteiger partial charge in [0.05, 0.1) is 20.6 Å². The molecular weight excluding hydrogens is 567 g/mol. The zero-order chi connectivity index (χ0) is 44.5. The van der Waals surface area contributed by atoms with Crippen molar-refractivity contribution in [3.05, 3.63) is 200 Å². The van der Waals surface area contributed by atoms with E-state index in [0.29, 0.717) is 11.4 Å². The fourth-order valence-electron chi connectivity index (χ4n) is 5.32. The van der Waals surface area contributed by atoms with Gasteiger partial charge in [-0.1, -0.05) is 151 Å². The Labute approximate surface area is 297 Å². The van der Waals surface area contributed by atoms with E-state index in [1.54, 1.807) is 29.2 Å². The van der Waals surface area contributed by atoms with Crippen molar-refractivity contribution in [2.45, 2.75) is 0 Å². The average Bonchev–Trinajstić information content (AvgIpc) is 3.29. The van der Waals surface area contributed by atoms with Crippen LogP contribution in [0.3, 0.4) is 0 Å². The second-order valence-corrected chi connectivity index (χ2v) is 10.6. The summed E-state index contributed by atoms with van der Waals surface area (Å²) in [5.74, 6) is 0. The minimum absolute atomic E-state index is 0.139. The van der Waals surface area contributed by atoms with Gasteiger partial charge in [-0.3, -0.25) is 0 Å². The van der Waals surface area contributed by atoms with Crippen LogP contribution in [0, 0.1) is 0 Å². The van der Waals surface area contributed by atoms with Gasteiger partial charge in [-0.15, -0.1) is 0 Å². The molecule has 0 aliphatic carbocycles. The van der Waals surface area contributed by atoms with Gasteiger partial charge in [-0.05, 0) is 104 Å². The van der Waals surface area contributed by atoms with Crippen LogP contribution in [0.1, 0.15) is 20.6 Å². The van der Waals surface area contributed by atoms with Crippen LogP contribution in [0.5, 0.6) is 0 Å². The molecule has 0 amide bonds. The SMILES string of the molecule is [2H]c1c([2H])c([2H])c(-c2c([2H])c([2H])c3c([2H])c(-c4c([2H])c([2H])c(N(c5ccc(-c6ccccc6)cc5)c5ccc(-c6ccccc6)cc5)c([2H])c4[2H])c([2H])c([2H])c3c2[2H])c([2H])c1[2H]. The van der Waals surface area contributed by atoms with Crippen LogP contribution >= 0.6 is 0 Å². The number of rotatable bonds is 7. The fraction of sp³-hybridized carbons (Fsp3) is 0. The summed E-state index contributed by atoms with van der Waals surface area (Å²) >= 11 is 0. The van der Waals surface area contributed by atoms with Gasteiger partial charge in [0.15, 0.2) is 0 Å². The van der Waals surface area contributed by atoms with E-state index in [0.717, 1.165) is 22.3 Å². The summed E-state index contributed by atoms with van der Waals surface area (Å²) in [4.78, 5) is 1.59. The predicted molar refractivity (Wildman–Crippen MR) is 200 cm³/mol. The van der Waals surface area contributed by atoms with Gasteiger partial charge < -0.3 is 4.90 Å². The molecule has 0 N–H and O–H groups in total. The Balaban J connectivity index is 1.34. The fourth-order valence-corrected chi connectivity index (χ4v) is 5.32. The van der Waals surface area contributed by atoms with E-state index in [1.807, 2.05) is 84.9 Å². The monoisotopic (exact) mass is 614 g/mol. The van der Waals surface area contributed by atoms with E-state index in [2.05, 4.69) is 0 Å². The summed E-state index contributed by atoms with van der Waals surface area (Å²) in [6, 6.07) is 23.6. The quantitative estimate of drug-likeness (QED) is 0.173. The van der Waals surface area contributed by atoms with E-state index >= 15 is 0 Å². The molecule has 1 nitrogen and oxygen atoms in total. The van der Waals surface area contributed by atoms with Crippen LogP contribution in [0.25, 0.3) is 55.3 Å². The summed E-state index contributed by atoms with van der Waals surface area (Å²) in [5, 5.41) is -0.964.